The standard InChI is InChI=1S/C12H21N3S/c1-4-15-11(13)10(9-5-6-16-7-9)14-12(15)8(2)3/h8-9H,4-7,13H2,1-3H3. The van der Waals surface area contributed by atoms with Crippen LogP contribution in [0, 0.1) is 0 Å². The van der Waals surface area contributed by atoms with Gasteiger partial charge in [-0.2, -0.15) is 11.8 Å². The Morgan fingerprint density at radius 1 is 1.56 bits per heavy atom. The van der Waals surface area contributed by atoms with E-state index in [1.807, 2.05) is 11.8 Å². The van der Waals surface area contributed by atoms with E-state index in [0.29, 0.717) is 11.8 Å². The Balaban J connectivity index is 2.38. The van der Waals surface area contributed by atoms with Crippen LogP contribution in [-0.4, -0.2) is 21.1 Å². The minimum absolute atomic E-state index is 0.449. The van der Waals surface area contributed by atoms with Crippen LogP contribution in [0.5, 0.6) is 0 Å². The fourth-order valence-corrected chi connectivity index (χ4v) is 3.55. The van der Waals surface area contributed by atoms with Gasteiger partial charge in [0.1, 0.15) is 11.6 Å². The molecule has 0 amide bonds. The summed E-state index contributed by atoms with van der Waals surface area (Å²) in [5.74, 6) is 5.51. The second-order valence-electron chi connectivity index (χ2n) is 4.70. The quantitative estimate of drug-likeness (QED) is 0.882. The Kier molecular flexibility index (Phi) is 3.47. The van der Waals surface area contributed by atoms with Gasteiger partial charge in [0, 0.05) is 24.1 Å². The van der Waals surface area contributed by atoms with Gasteiger partial charge in [-0.3, -0.25) is 0 Å². The van der Waals surface area contributed by atoms with Crippen molar-refractivity contribution in [1.29, 1.82) is 0 Å². The Morgan fingerprint density at radius 2 is 2.31 bits per heavy atom. The number of thioether (sulfide) groups is 1. The van der Waals surface area contributed by atoms with E-state index < -0.39 is 0 Å². The topological polar surface area (TPSA) is 43.8 Å². The lowest BCUT2D eigenvalue weighted by Crippen LogP contribution is -2.07. The van der Waals surface area contributed by atoms with Crippen LogP contribution in [0.15, 0.2) is 0 Å². The smallest absolute Gasteiger partial charge is 0.127 e. The number of nitrogens with zero attached hydrogens (tertiary/aromatic N) is 2. The molecule has 1 aliphatic rings. The Morgan fingerprint density at radius 3 is 2.75 bits per heavy atom. The predicted molar refractivity (Wildman–Crippen MR) is 71.1 cm³/mol. The molecule has 0 spiro atoms. The van der Waals surface area contributed by atoms with Crippen LogP contribution in [0.2, 0.25) is 0 Å². The maximum absolute atomic E-state index is 6.22. The fourth-order valence-electron chi connectivity index (χ4n) is 2.33. The van der Waals surface area contributed by atoms with E-state index in [-0.39, 0.29) is 0 Å². The van der Waals surface area contributed by atoms with Gasteiger partial charge in [0.15, 0.2) is 0 Å². The second kappa shape index (κ2) is 4.70. The number of aromatic nitrogens is 2. The molecule has 3 nitrogen and oxygen atoms in total. The van der Waals surface area contributed by atoms with Crippen molar-refractivity contribution in [2.24, 2.45) is 0 Å². The number of nitrogen functional groups attached to an aromatic ring is 1. The zero-order chi connectivity index (χ0) is 11.7. The highest BCUT2D eigenvalue weighted by molar-refractivity contribution is 7.99. The highest BCUT2D eigenvalue weighted by Crippen LogP contribution is 2.36. The molecule has 0 aliphatic carbocycles. The number of hydrogen-bond donors (Lipinski definition) is 1. The van der Waals surface area contributed by atoms with Crippen LogP contribution in [0.25, 0.3) is 0 Å². The molecule has 0 aromatic carbocycles. The number of imidazole rings is 1. The first kappa shape index (κ1) is 11.8. The van der Waals surface area contributed by atoms with Gasteiger partial charge < -0.3 is 10.3 Å². The molecule has 1 aromatic heterocycles. The summed E-state index contributed by atoms with van der Waals surface area (Å²) in [6, 6.07) is 0. The van der Waals surface area contributed by atoms with E-state index in [9.17, 15) is 0 Å². The molecular formula is C12H21N3S. The van der Waals surface area contributed by atoms with Crippen LogP contribution in [-0.2, 0) is 6.54 Å². The summed E-state index contributed by atoms with van der Waals surface area (Å²) in [6.45, 7) is 7.42. The van der Waals surface area contributed by atoms with Crippen molar-refractivity contribution in [3.05, 3.63) is 11.5 Å². The molecule has 1 aliphatic heterocycles. The lowest BCUT2D eigenvalue weighted by atomic mass is 10.1. The second-order valence-corrected chi connectivity index (χ2v) is 5.85. The molecule has 1 fully saturated rings. The Hall–Kier alpha value is -0.640. The van der Waals surface area contributed by atoms with Gasteiger partial charge in [-0.05, 0) is 19.1 Å². The first-order chi connectivity index (χ1) is 7.65. The van der Waals surface area contributed by atoms with Gasteiger partial charge in [-0.15, -0.1) is 0 Å². The van der Waals surface area contributed by atoms with Crippen LogP contribution >= 0.6 is 11.8 Å². The normalized spacial score (nSPS) is 20.9. The lowest BCUT2D eigenvalue weighted by molar-refractivity contribution is 0.657. The van der Waals surface area contributed by atoms with Crippen LogP contribution < -0.4 is 5.73 Å². The zero-order valence-electron chi connectivity index (χ0n) is 10.4. The fraction of sp³-hybridized carbons (Fsp3) is 0.750. The molecule has 2 N–H and O–H groups in total. The number of hydrogen-bond acceptors (Lipinski definition) is 3. The van der Waals surface area contributed by atoms with Crippen molar-refractivity contribution >= 4 is 17.6 Å². The summed E-state index contributed by atoms with van der Waals surface area (Å²) in [5, 5.41) is 0. The zero-order valence-corrected chi connectivity index (χ0v) is 11.2. The van der Waals surface area contributed by atoms with Crippen molar-refractivity contribution in [3.63, 3.8) is 0 Å². The highest BCUT2D eigenvalue weighted by Gasteiger charge is 2.25. The summed E-state index contributed by atoms with van der Waals surface area (Å²) in [7, 11) is 0. The maximum atomic E-state index is 6.22. The number of nitrogens with two attached hydrogens (primary N) is 1. The molecule has 0 bridgehead atoms. The van der Waals surface area contributed by atoms with E-state index in [0.717, 1.165) is 23.9 Å². The summed E-state index contributed by atoms with van der Waals surface area (Å²) in [4.78, 5) is 4.79. The number of anilines is 1. The lowest BCUT2D eigenvalue weighted by Gasteiger charge is -2.09. The number of rotatable bonds is 3. The molecule has 4 heteroatoms. The summed E-state index contributed by atoms with van der Waals surface area (Å²) < 4.78 is 2.17. The highest BCUT2D eigenvalue weighted by atomic mass is 32.2. The minimum Gasteiger partial charge on any atom is -0.384 e. The van der Waals surface area contributed by atoms with Crippen molar-refractivity contribution in [1.82, 2.24) is 9.55 Å². The van der Waals surface area contributed by atoms with E-state index in [2.05, 4.69) is 25.3 Å². The molecule has 1 unspecified atom stereocenters. The van der Waals surface area contributed by atoms with Gasteiger partial charge in [0.05, 0.1) is 5.69 Å². The van der Waals surface area contributed by atoms with E-state index in [1.54, 1.807) is 0 Å². The molecule has 0 saturated carbocycles. The molecule has 1 atom stereocenters. The molecule has 2 rings (SSSR count). The van der Waals surface area contributed by atoms with E-state index in [1.165, 1.54) is 17.9 Å². The van der Waals surface area contributed by atoms with Crippen LogP contribution in [0.3, 0.4) is 0 Å². The van der Waals surface area contributed by atoms with Crippen molar-refractivity contribution in [3.8, 4) is 0 Å². The van der Waals surface area contributed by atoms with Gasteiger partial charge in [-0.25, -0.2) is 4.98 Å². The average Bonchev–Trinajstić information content (AvgIpc) is 2.84. The van der Waals surface area contributed by atoms with Crippen molar-refractivity contribution in [2.75, 3.05) is 17.2 Å². The third-order valence-electron chi connectivity index (χ3n) is 3.21. The van der Waals surface area contributed by atoms with Gasteiger partial charge in [0.25, 0.3) is 0 Å². The first-order valence-corrected chi connectivity index (χ1v) is 7.24. The third-order valence-corrected chi connectivity index (χ3v) is 4.38. The molecule has 1 aromatic rings. The molecule has 16 heavy (non-hydrogen) atoms. The van der Waals surface area contributed by atoms with Gasteiger partial charge in [0.2, 0.25) is 0 Å². The molecular weight excluding hydrogens is 218 g/mol. The maximum Gasteiger partial charge on any atom is 0.127 e. The monoisotopic (exact) mass is 239 g/mol. The molecule has 2 heterocycles. The minimum atomic E-state index is 0.449. The van der Waals surface area contributed by atoms with E-state index >= 15 is 0 Å². The molecule has 0 radical (unpaired) electrons. The van der Waals surface area contributed by atoms with Gasteiger partial charge >= 0.3 is 0 Å². The van der Waals surface area contributed by atoms with Crippen molar-refractivity contribution < 1.29 is 0 Å². The summed E-state index contributed by atoms with van der Waals surface area (Å²) in [5.41, 5.74) is 7.37. The molecule has 1 saturated heterocycles. The largest absolute Gasteiger partial charge is 0.384 e. The molecule has 90 valence electrons. The SMILES string of the molecule is CCn1c(C(C)C)nc(C2CCSC2)c1N. The summed E-state index contributed by atoms with van der Waals surface area (Å²) in [6.07, 6.45) is 1.23. The third kappa shape index (κ3) is 1.95. The predicted octanol–water partition coefficient (Wildman–Crippen LogP) is 2.83. The van der Waals surface area contributed by atoms with Gasteiger partial charge in [-0.1, -0.05) is 13.8 Å². The Bertz CT molecular complexity index is 365. The summed E-state index contributed by atoms with van der Waals surface area (Å²) >= 11 is 2.01. The van der Waals surface area contributed by atoms with Crippen LogP contribution in [0.1, 0.15) is 50.5 Å². The average molecular weight is 239 g/mol. The van der Waals surface area contributed by atoms with E-state index in [4.69, 9.17) is 10.7 Å². The van der Waals surface area contributed by atoms with Crippen LogP contribution in [0.4, 0.5) is 5.82 Å². The van der Waals surface area contributed by atoms with Crippen molar-refractivity contribution in [2.45, 2.75) is 45.6 Å². The Labute approximate surface area is 102 Å². The first-order valence-electron chi connectivity index (χ1n) is 6.08.